The molecule has 0 saturated carbocycles. The third kappa shape index (κ3) is 2.98. The Morgan fingerprint density at radius 2 is 2.21 bits per heavy atom. The van der Waals surface area contributed by atoms with E-state index in [0.29, 0.717) is 22.8 Å². The van der Waals surface area contributed by atoms with Crippen LogP contribution in [0.25, 0.3) is 0 Å². The fraction of sp³-hybridized carbons (Fsp3) is 0.385. The van der Waals surface area contributed by atoms with Gasteiger partial charge in [-0.25, -0.2) is 0 Å². The van der Waals surface area contributed by atoms with Gasteiger partial charge in [0.05, 0.1) is 17.1 Å². The molecular weight excluding hydrogens is 268 g/mol. The zero-order chi connectivity index (χ0) is 14.0. The molecule has 1 atom stereocenters. The quantitative estimate of drug-likeness (QED) is 0.831. The highest BCUT2D eigenvalue weighted by atomic mass is 35.5. The first-order valence-corrected chi connectivity index (χ1v) is 6.44. The Morgan fingerprint density at radius 1 is 1.47 bits per heavy atom. The highest BCUT2D eigenvalue weighted by Gasteiger charge is 2.31. The molecule has 1 aromatic carbocycles. The van der Waals surface area contributed by atoms with E-state index >= 15 is 0 Å². The molecular formula is C13H15ClN2O3. The zero-order valence-corrected chi connectivity index (χ0v) is 11.1. The van der Waals surface area contributed by atoms with E-state index in [1.165, 1.54) is 6.07 Å². The van der Waals surface area contributed by atoms with Crippen molar-refractivity contribution in [2.45, 2.75) is 25.3 Å². The van der Waals surface area contributed by atoms with Gasteiger partial charge in [0.15, 0.2) is 0 Å². The molecule has 1 fully saturated rings. The number of carboxylic acids is 1. The van der Waals surface area contributed by atoms with E-state index in [9.17, 15) is 9.59 Å². The minimum atomic E-state index is -0.889. The van der Waals surface area contributed by atoms with Crippen molar-refractivity contribution >= 4 is 29.2 Å². The van der Waals surface area contributed by atoms with Crippen LogP contribution in [0.3, 0.4) is 0 Å². The van der Waals surface area contributed by atoms with E-state index in [-0.39, 0.29) is 18.4 Å². The molecule has 1 aliphatic rings. The number of hydrogen-bond donors (Lipinski definition) is 2. The average Bonchev–Trinajstić information content (AvgIpc) is 2.79. The Kier molecular flexibility index (Phi) is 3.95. The molecule has 0 bridgehead atoms. The number of benzene rings is 1. The van der Waals surface area contributed by atoms with E-state index < -0.39 is 5.97 Å². The summed E-state index contributed by atoms with van der Waals surface area (Å²) < 4.78 is 0. The van der Waals surface area contributed by atoms with Gasteiger partial charge in [-0.3, -0.25) is 9.59 Å². The van der Waals surface area contributed by atoms with Gasteiger partial charge in [0.1, 0.15) is 0 Å². The number of carboxylic acid groups (broad SMARTS) is 1. The molecule has 0 aliphatic carbocycles. The van der Waals surface area contributed by atoms with Gasteiger partial charge in [-0.2, -0.15) is 0 Å². The number of hydrogen-bond acceptors (Lipinski definition) is 3. The Hall–Kier alpha value is -1.75. The van der Waals surface area contributed by atoms with Crippen LogP contribution in [0.1, 0.15) is 29.6 Å². The summed E-state index contributed by atoms with van der Waals surface area (Å²) in [6, 6.07) is 4.48. The van der Waals surface area contributed by atoms with Gasteiger partial charge in [0, 0.05) is 18.2 Å². The van der Waals surface area contributed by atoms with Crippen molar-refractivity contribution in [2.24, 2.45) is 0 Å². The Labute approximate surface area is 116 Å². The molecule has 0 aromatic heterocycles. The Bertz CT molecular complexity index is 519. The summed E-state index contributed by atoms with van der Waals surface area (Å²) >= 11 is 5.90. The number of anilines is 1. The van der Waals surface area contributed by atoms with E-state index in [1.54, 1.807) is 17.0 Å². The molecule has 1 heterocycles. The fourth-order valence-corrected chi connectivity index (χ4v) is 2.52. The van der Waals surface area contributed by atoms with Crippen LogP contribution in [0.15, 0.2) is 18.2 Å². The maximum Gasteiger partial charge on any atom is 0.305 e. The topological polar surface area (TPSA) is 83.6 Å². The molecule has 2 rings (SSSR count). The lowest BCUT2D eigenvalue weighted by molar-refractivity contribution is -0.137. The molecule has 1 unspecified atom stereocenters. The van der Waals surface area contributed by atoms with Crippen LogP contribution in [0.2, 0.25) is 5.02 Å². The lowest BCUT2D eigenvalue weighted by Gasteiger charge is -2.23. The van der Waals surface area contributed by atoms with Gasteiger partial charge in [-0.05, 0) is 31.0 Å². The summed E-state index contributed by atoms with van der Waals surface area (Å²) in [7, 11) is 0. The number of likely N-dealkylation sites (tertiary alicyclic amines) is 1. The van der Waals surface area contributed by atoms with Crippen LogP contribution < -0.4 is 5.73 Å². The van der Waals surface area contributed by atoms with Gasteiger partial charge in [-0.15, -0.1) is 0 Å². The first kappa shape index (κ1) is 13.7. The minimum absolute atomic E-state index is 0.0194. The maximum absolute atomic E-state index is 12.3. The van der Waals surface area contributed by atoms with E-state index in [0.717, 1.165) is 12.8 Å². The number of carbonyl (C=O) groups is 2. The number of rotatable bonds is 3. The number of nitrogens with zero attached hydrogens (tertiary/aromatic N) is 1. The monoisotopic (exact) mass is 282 g/mol. The molecule has 0 radical (unpaired) electrons. The Morgan fingerprint density at radius 3 is 2.84 bits per heavy atom. The summed E-state index contributed by atoms with van der Waals surface area (Å²) in [5, 5.41) is 9.18. The van der Waals surface area contributed by atoms with Crippen molar-refractivity contribution in [1.29, 1.82) is 0 Å². The molecule has 1 aliphatic heterocycles. The van der Waals surface area contributed by atoms with Gasteiger partial charge >= 0.3 is 5.97 Å². The Balaban J connectivity index is 2.18. The second-order valence-electron chi connectivity index (χ2n) is 4.63. The third-order valence-corrected chi connectivity index (χ3v) is 3.62. The first-order valence-electron chi connectivity index (χ1n) is 6.07. The van der Waals surface area contributed by atoms with Crippen LogP contribution >= 0.6 is 11.6 Å². The summed E-state index contributed by atoms with van der Waals surface area (Å²) in [6.45, 7) is 0.582. The first-order chi connectivity index (χ1) is 8.99. The smallest absolute Gasteiger partial charge is 0.305 e. The van der Waals surface area contributed by atoms with Crippen LogP contribution in [0.5, 0.6) is 0 Å². The molecule has 19 heavy (non-hydrogen) atoms. The summed E-state index contributed by atoms with van der Waals surface area (Å²) in [5.74, 6) is -1.08. The van der Waals surface area contributed by atoms with Crippen LogP contribution in [-0.2, 0) is 4.79 Å². The molecule has 102 valence electrons. The van der Waals surface area contributed by atoms with Crippen LogP contribution in [0.4, 0.5) is 5.69 Å². The van der Waals surface area contributed by atoms with Crippen molar-refractivity contribution in [2.75, 3.05) is 12.3 Å². The maximum atomic E-state index is 12.3. The molecule has 1 amide bonds. The molecule has 0 spiro atoms. The van der Waals surface area contributed by atoms with Crippen molar-refractivity contribution in [3.05, 3.63) is 28.8 Å². The van der Waals surface area contributed by atoms with E-state index in [4.69, 9.17) is 22.4 Å². The third-order valence-electron chi connectivity index (χ3n) is 3.30. The van der Waals surface area contributed by atoms with Crippen molar-refractivity contribution in [3.8, 4) is 0 Å². The number of halogens is 1. The number of carbonyl (C=O) groups excluding carboxylic acids is 1. The zero-order valence-electron chi connectivity index (χ0n) is 10.3. The van der Waals surface area contributed by atoms with E-state index in [1.807, 2.05) is 0 Å². The fourth-order valence-electron chi connectivity index (χ4n) is 2.34. The molecule has 6 heteroatoms. The standard InChI is InChI=1S/C13H15ClN2O3/c14-10-6-8(3-4-11(10)15)13(19)16-5-1-2-9(16)7-12(17)18/h3-4,6,9H,1-2,5,7,15H2,(H,17,18). The summed E-state index contributed by atoms with van der Waals surface area (Å²) in [4.78, 5) is 24.7. The van der Waals surface area contributed by atoms with Gasteiger partial charge in [0.25, 0.3) is 5.91 Å². The highest BCUT2D eigenvalue weighted by Crippen LogP contribution is 2.25. The lowest BCUT2D eigenvalue weighted by atomic mass is 10.1. The number of aliphatic carboxylic acids is 1. The second-order valence-corrected chi connectivity index (χ2v) is 5.04. The number of nitrogens with two attached hydrogens (primary N) is 1. The van der Waals surface area contributed by atoms with Crippen LogP contribution in [0, 0.1) is 0 Å². The van der Waals surface area contributed by atoms with Crippen molar-refractivity contribution < 1.29 is 14.7 Å². The highest BCUT2D eigenvalue weighted by molar-refractivity contribution is 6.33. The SMILES string of the molecule is Nc1ccc(C(=O)N2CCCC2CC(=O)O)cc1Cl. The summed E-state index contributed by atoms with van der Waals surface area (Å²) in [5.41, 5.74) is 6.46. The minimum Gasteiger partial charge on any atom is -0.481 e. The molecule has 3 N–H and O–H groups in total. The normalized spacial score (nSPS) is 18.6. The van der Waals surface area contributed by atoms with Crippen molar-refractivity contribution in [3.63, 3.8) is 0 Å². The average molecular weight is 283 g/mol. The van der Waals surface area contributed by atoms with Gasteiger partial charge in [0.2, 0.25) is 0 Å². The largest absolute Gasteiger partial charge is 0.481 e. The van der Waals surface area contributed by atoms with Gasteiger partial charge in [-0.1, -0.05) is 11.6 Å². The van der Waals surface area contributed by atoms with E-state index in [2.05, 4.69) is 0 Å². The second kappa shape index (κ2) is 5.48. The predicted octanol–water partition coefficient (Wildman–Crippen LogP) is 2.00. The molecule has 1 saturated heterocycles. The molecule has 1 aromatic rings. The number of amides is 1. The summed E-state index contributed by atoms with van der Waals surface area (Å²) in [6.07, 6.45) is 1.53. The van der Waals surface area contributed by atoms with Crippen molar-refractivity contribution in [1.82, 2.24) is 4.90 Å². The number of nitrogen functional groups attached to an aromatic ring is 1. The predicted molar refractivity (Wildman–Crippen MR) is 72.2 cm³/mol. The lowest BCUT2D eigenvalue weighted by Crippen LogP contribution is -2.36. The van der Waals surface area contributed by atoms with Gasteiger partial charge < -0.3 is 15.7 Å². The molecule has 5 nitrogen and oxygen atoms in total. The van der Waals surface area contributed by atoms with Crippen LogP contribution in [-0.4, -0.2) is 34.5 Å².